The van der Waals surface area contributed by atoms with E-state index in [9.17, 15) is 4.79 Å². The molecular weight excluding hydrogens is 404 g/mol. The fraction of sp³-hybridized carbons (Fsp3) is 0.839. The highest BCUT2D eigenvalue weighted by atomic mass is 16.5. The van der Waals surface area contributed by atoms with E-state index in [4.69, 9.17) is 4.74 Å². The molecule has 2 nitrogen and oxygen atoms in total. The summed E-state index contributed by atoms with van der Waals surface area (Å²) < 4.78 is 5.64. The number of carbonyl (C=O) groups excluding carboxylic acids is 1. The van der Waals surface area contributed by atoms with Crippen molar-refractivity contribution >= 4 is 5.97 Å². The van der Waals surface area contributed by atoms with E-state index in [0.29, 0.717) is 28.6 Å². The molecule has 0 unspecified atom stereocenters. The van der Waals surface area contributed by atoms with Crippen LogP contribution in [0.3, 0.4) is 0 Å². The lowest BCUT2D eigenvalue weighted by atomic mass is 9.47. The van der Waals surface area contributed by atoms with Crippen LogP contribution in [0.1, 0.15) is 106 Å². The highest BCUT2D eigenvalue weighted by Gasteiger charge is 2.58. The fourth-order valence-electron chi connectivity index (χ4n) is 9.00. The minimum atomic E-state index is -0.108. The highest BCUT2D eigenvalue weighted by Crippen LogP contribution is 2.66. The molecule has 3 fully saturated rings. The Balaban J connectivity index is 1.50. The van der Waals surface area contributed by atoms with Gasteiger partial charge in [0.05, 0.1) is 0 Å². The van der Waals surface area contributed by atoms with Crippen molar-refractivity contribution in [1.29, 1.82) is 0 Å². The van der Waals surface area contributed by atoms with Gasteiger partial charge in [-0.05, 0) is 110 Å². The molecule has 3 saturated carbocycles. The summed E-state index contributed by atoms with van der Waals surface area (Å²) in [6, 6.07) is 0. The van der Waals surface area contributed by atoms with Gasteiger partial charge in [0, 0.05) is 6.92 Å². The molecule has 33 heavy (non-hydrogen) atoms. The molecule has 4 aliphatic rings. The van der Waals surface area contributed by atoms with Gasteiger partial charge in [-0.2, -0.15) is 0 Å². The first kappa shape index (κ1) is 25.1. The average Bonchev–Trinajstić information content (AvgIpc) is 3.11. The zero-order valence-electron chi connectivity index (χ0n) is 22.5. The van der Waals surface area contributed by atoms with Crippen LogP contribution in [0, 0.1) is 52.3 Å². The molecule has 0 N–H and O–H groups in total. The van der Waals surface area contributed by atoms with E-state index in [1.54, 1.807) is 6.92 Å². The zero-order chi connectivity index (χ0) is 24.0. The van der Waals surface area contributed by atoms with Crippen LogP contribution in [0.4, 0.5) is 0 Å². The largest absolute Gasteiger partial charge is 0.463 e. The maximum atomic E-state index is 11.5. The summed E-state index contributed by atoms with van der Waals surface area (Å²) in [4.78, 5) is 11.5. The summed E-state index contributed by atoms with van der Waals surface area (Å²) in [5, 5.41) is 0. The molecule has 9 atom stereocenters. The van der Waals surface area contributed by atoms with Crippen LogP contribution in [-0.4, -0.2) is 12.1 Å². The number of carbonyl (C=O) groups is 1. The standard InChI is InChI=1S/C31H50O2/c1-8-23(20(2)3)10-9-21(4)27-13-14-28-26-12-11-24-19-25(33-22(5)32)15-17-30(24,6)29(26)16-18-31(27,28)7/h9-10,12,20-21,23-25,27-29H,8,11,13-19H2,1-7H3/b10-9+/t21-,23+,24-,25+,27-,28-,29+,30+,31-/m1/s1. The van der Waals surface area contributed by atoms with Crippen LogP contribution in [0.25, 0.3) is 0 Å². The van der Waals surface area contributed by atoms with E-state index in [1.807, 2.05) is 5.57 Å². The topological polar surface area (TPSA) is 26.3 Å². The van der Waals surface area contributed by atoms with Crippen LogP contribution in [0.2, 0.25) is 0 Å². The van der Waals surface area contributed by atoms with E-state index in [-0.39, 0.29) is 12.1 Å². The van der Waals surface area contributed by atoms with Gasteiger partial charge in [0.15, 0.2) is 0 Å². The number of ether oxygens (including phenoxy) is 1. The lowest BCUT2D eigenvalue weighted by molar-refractivity contribution is -0.152. The Bertz CT molecular complexity index is 778. The average molecular weight is 455 g/mol. The van der Waals surface area contributed by atoms with Crippen molar-refractivity contribution in [3.8, 4) is 0 Å². The molecule has 0 heterocycles. The molecular formula is C31H50O2. The molecule has 0 saturated heterocycles. The van der Waals surface area contributed by atoms with Crippen LogP contribution >= 0.6 is 0 Å². The Morgan fingerprint density at radius 1 is 1.06 bits per heavy atom. The van der Waals surface area contributed by atoms with E-state index < -0.39 is 0 Å². The first-order chi connectivity index (χ1) is 15.6. The predicted octanol–water partition coefficient (Wildman–Crippen LogP) is 8.37. The molecule has 0 aromatic heterocycles. The Labute approximate surface area is 204 Å². The fourth-order valence-corrected chi connectivity index (χ4v) is 9.00. The van der Waals surface area contributed by atoms with Gasteiger partial charge < -0.3 is 4.74 Å². The molecule has 0 aromatic carbocycles. The molecule has 0 radical (unpaired) electrons. The molecule has 4 rings (SSSR count). The molecule has 0 amide bonds. The smallest absolute Gasteiger partial charge is 0.302 e. The number of hydrogen-bond acceptors (Lipinski definition) is 2. The van der Waals surface area contributed by atoms with Crippen molar-refractivity contribution in [1.82, 2.24) is 0 Å². The Morgan fingerprint density at radius 2 is 1.76 bits per heavy atom. The number of hydrogen-bond donors (Lipinski definition) is 0. The monoisotopic (exact) mass is 454 g/mol. The van der Waals surface area contributed by atoms with Gasteiger partial charge in [-0.1, -0.05) is 65.3 Å². The van der Waals surface area contributed by atoms with Gasteiger partial charge in [0.25, 0.3) is 0 Å². The van der Waals surface area contributed by atoms with Crippen LogP contribution in [0.5, 0.6) is 0 Å². The van der Waals surface area contributed by atoms with Crippen LogP contribution < -0.4 is 0 Å². The van der Waals surface area contributed by atoms with E-state index in [1.165, 1.54) is 44.9 Å². The number of esters is 1. The summed E-state index contributed by atoms with van der Waals surface area (Å²) >= 11 is 0. The maximum Gasteiger partial charge on any atom is 0.302 e. The second kappa shape index (κ2) is 9.54. The van der Waals surface area contributed by atoms with Gasteiger partial charge in [0.2, 0.25) is 0 Å². The quantitative estimate of drug-likeness (QED) is 0.297. The molecule has 0 spiro atoms. The Kier molecular flexibility index (Phi) is 7.24. The van der Waals surface area contributed by atoms with Crippen molar-refractivity contribution in [2.24, 2.45) is 52.3 Å². The molecule has 186 valence electrons. The summed E-state index contributed by atoms with van der Waals surface area (Å²) in [5.74, 6) is 5.05. The van der Waals surface area contributed by atoms with Gasteiger partial charge in [-0.3, -0.25) is 4.79 Å². The minimum absolute atomic E-state index is 0.108. The third kappa shape index (κ3) is 4.50. The second-order valence-corrected chi connectivity index (χ2v) is 13.0. The first-order valence-corrected chi connectivity index (χ1v) is 14.2. The van der Waals surface area contributed by atoms with Gasteiger partial charge in [-0.15, -0.1) is 0 Å². The third-order valence-corrected chi connectivity index (χ3v) is 11.1. The summed E-state index contributed by atoms with van der Waals surface area (Å²) in [6.45, 7) is 16.3. The zero-order valence-corrected chi connectivity index (χ0v) is 22.5. The SMILES string of the molecule is CC[C@@H](/C=C/[C@@H](C)[C@H]1CC[C@@H]2C3=CC[C@@H]4C[C@@H](OC(C)=O)CC[C@]4(C)[C@H]3CC[C@@]21C)C(C)C. The molecule has 0 aliphatic heterocycles. The van der Waals surface area contributed by atoms with Crippen molar-refractivity contribution in [3.63, 3.8) is 0 Å². The van der Waals surface area contributed by atoms with E-state index >= 15 is 0 Å². The Morgan fingerprint density at radius 3 is 2.42 bits per heavy atom. The van der Waals surface area contributed by atoms with Crippen LogP contribution in [-0.2, 0) is 9.53 Å². The molecule has 4 aliphatic carbocycles. The van der Waals surface area contributed by atoms with Crippen molar-refractivity contribution < 1.29 is 9.53 Å². The van der Waals surface area contributed by atoms with Crippen molar-refractivity contribution in [2.45, 2.75) is 112 Å². The lowest BCUT2D eigenvalue weighted by Crippen LogP contribution is -2.50. The summed E-state index contributed by atoms with van der Waals surface area (Å²) in [5.41, 5.74) is 2.70. The first-order valence-electron chi connectivity index (χ1n) is 14.2. The van der Waals surface area contributed by atoms with Crippen molar-refractivity contribution in [3.05, 3.63) is 23.8 Å². The van der Waals surface area contributed by atoms with Gasteiger partial charge in [0.1, 0.15) is 6.10 Å². The highest BCUT2D eigenvalue weighted by molar-refractivity contribution is 5.66. The van der Waals surface area contributed by atoms with Crippen LogP contribution in [0.15, 0.2) is 23.8 Å². The molecule has 0 bridgehead atoms. The van der Waals surface area contributed by atoms with E-state index in [2.05, 4.69) is 59.8 Å². The molecule has 2 heteroatoms. The minimum Gasteiger partial charge on any atom is -0.463 e. The van der Waals surface area contributed by atoms with Gasteiger partial charge in [-0.25, -0.2) is 0 Å². The molecule has 0 aromatic rings. The number of rotatable bonds is 6. The number of fused-ring (bicyclic) bond motifs is 5. The van der Waals surface area contributed by atoms with Gasteiger partial charge >= 0.3 is 5.97 Å². The summed E-state index contributed by atoms with van der Waals surface area (Å²) in [7, 11) is 0. The van der Waals surface area contributed by atoms with E-state index in [0.717, 1.165) is 36.5 Å². The predicted molar refractivity (Wildman–Crippen MR) is 138 cm³/mol. The lowest BCUT2D eigenvalue weighted by Gasteiger charge is -2.58. The third-order valence-electron chi connectivity index (χ3n) is 11.1. The van der Waals surface area contributed by atoms with Crippen molar-refractivity contribution in [2.75, 3.05) is 0 Å². The summed E-state index contributed by atoms with van der Waals surface area (Å²) in [6.07, 6.45) is 19.3. The number of allylic oxidation sites excluding steroid dienone is 4. The second-order valence-electron chi connectivity index (χ2n) is 13.0. The Hall–Kier alpha value is -1.05. The normalized spacial score (nSPS) is 42.3. The maximum absolute atomic E-state index is 11.5.